The lowest BCUT2D eigenvalue weighted by molar-refractivity contribution is -0.169. The Morgan fingerprint density at radius 1 is 1.25 bits per heavy atom. The van der Waals surface area contributed by atoms with Crippen LogP contribution in [0.2, 0.25) is 0 Å². The molecule has 1 aliphatic heterocycles. The summed E-state index contributed by atoms with van der Waals surface area (Å²) in [5.41, 5.74) is -1.29. The van der Waals surface area contributed by atoms with Crippen LogP contribution in [-0.2, 0) is 24.1 Å². The maximum atomic E-state index is 12.5. The molecule has 0 aromatic heterocycles. The molecular weight excluding hydrogens is 299 g/mol. The van der Waals surface area contributed by atoms with E-state index in [4.69, 9.17) is 9.47 Å². The normalized spacial score (nSPS) is 21.4. The van der Waals surface area contributed by atoms with E-state index in [1.165, 1.54) is 0 Å². The van der Waals surface area contributed by atoms with Crippen molar-refractivity contribution in [3.05, 3.63) is 0 Å². The average molecular weight is 324 g/mol. The molecule has 118 valence electrons. The molecule has 5 nitrogen and oxygen atoms in total. The van der Waals surface area contributed by atoms with Crippen LogP contribution in [0.4, 0.5) is 0 Å². The zero-order valence-electron chi connectivity index (χ0n) is 12.5. The van der Waals surface area contributed by atoms with Gasteiger partial charge in [0.05, 0.1) is 23.3 Å². The van der Waals surface area contributed by atoms with Gasteiger partial charge in [0.1, 0.15) is 15.4 Å². The van der Waals surface area contributed by atoms with Gasteiger partial charge in [-0.3, -0.25) is 4.79 Å². The first-order valence-corrected chi connectivity index (χ1v) is 9.46. The van der Waals surface area contributed by atoms with E-state index in [-0.39, 0.29) is 17.5 Å². The highest BCUT2D eigenvalue weighted by molar-refractivity contribution is 7.91. The summed E-state index contributed by atoms with van der Waals surface area (Å²) in [6, 6.07) is 0. The summed E-state index contributed by atoms with van der Waals surface area (Å²) in [6.07, 6.45) is 1.66. The van der Waals surface area contributed by atoms with Gasteiger partial charge in [-0.05, 0) is 40.0 Å². The Bertz CT molecular complexity index is 424. The second kappa shape index (κ2) is 6.71. The van der Waals surface area contributed by atoms with Crippen LogP contribution in [-0.4, -0.2) is 44.4 Å². The standard InChI is InChI=1S/C13H25O5PS/c1-12(2,3)18-11(14)13(4-7-17-10-19)5-8-20(15,16)9-6-13/h4-10,19H2,1-3H3. The SMILES string of the molecule is CC(C)(C)OC(=O)C1(CCOCP)CCS(=O)(=O)CC1. The monoisotopic (exact) mass is 324 g/mol. The lowest BCUT2D eigenvalue weighted by Gasteiger charge is -2.37. The molecule has 0 bridgehead atoms. The number of carbonyl (C=O) groups excluding carboxylic acids is 1. The third kappa shape index (κ3) is 5.30. The van der Waals surface area contributed by atoms with Crippen molar-refractivity contribution < 1.29 is 22.7 Å². The molecule has 0 amide bonds. The summed E-state index contributed by atoms with van der Waals surface area (Å²) < 4.78 is 34.0. The number of rotatable bonds is 5. The van der Waals surface area contributed by atoms with Gasteiger partial charge in [-0.1, -0.05) is 0 Å². The number of hydrogen-bond acceptors (Lipinski definition) is 5. The second-order valence-corrected chi connectivity index (χ2v) is 8.90. The van der Waals surface area contributed by atoms with E-state index >= 15 is 0 Å². The highest BCUT2D eigenvalue weighted by Crippen LogP contribution is 2.38. The van der Waals surface area contributed by atoms with Gasteiger partial charge in [-0.15, -0.1) is 9.24 Å². The Balaban J connectivity index is 2.82. The van der Waals surface area contributed by atoms with Gasteiger partial charge in [-0.25, -0.2) is 8.42 Å². The van der Waals surface area contributed by atoms with Gasteiger partial charge >= 0.3 is 5.97 Å². The molecule has 1 unspecified atom stereocenters. The number of carbonyl (C=O) groups is 1. The predicted molar refractivity (Wildman–Crippen MR) is 81.3 cm³/mol. The summed E-state index contributed by atoms with van der Waals surface area (Å²) in [6.45, 7) is 5.88. The molecule has 0 N–H and O–H groups in total. The highest BCUT2D eigenvalue weighted by atomic mass is 32.2. The predicted octanol–water partition coefficient (Wildman–Crippen LogP) is 1.76. The fourth-order valence-electron chi connectivity index (χ4n) is 2.22. The molecule has 1 saturated heterocycles. The maximum absolute atomic E-state index is 12.5. The molecule has 1 aliphatic rings. The lowest BCUT2D eigenvalue weighted by atomic mass is 9.79. The summed E-state index contributed by atoms with van der Waals surface area (Å²) >= 11 is 0. The maximum Gasteiger partial charge on any atom is 0.312 e. The molecule has 1 fully saturated rings. The average Bonchev–Trinajstić information content (AvgIpc) is 2.30. The molecule has 1 rings (SSSR count). The van der Waals surface area contributed by atoms with E-state index in [2.05, 4.69) is 9.24 Å². The van der Waals surface area contributed by atoms with Gasteiger partial charge in [0.25, 0.3) is 0 Å². The van der Waals surface area contributed by atoms with Gasteiger partial charge in [0.15, 0.2) is 0 Å². The van der Waals surface area contributed by atoms with E-state index in [9.17, 15) is 13.2 Å². The third-order valence-corrected chi connectivity index (χ3v) is 5.35. The molecule has 0 spiro atoms. The van der Waals surface area contributed by atoms with Crippen molar-refractivity contribution in [2.45, 2.75) is 45.6 Å². The van der Waals surface area contributed by atoms with Crippen LogP contribution in [0.25, 0.3) is 0 Å². The summed E-state index contributed by atoms with van der Waals surface area (Å²) in [5, 5.41) is 0. The molecular formula is C13H25O5PS. The van der Waals surface area contributed by atoms with E-state index in [0.717, 1.165) is 0 Å². The fourth-order valence-corrected chi connectivity index (χ4v) is 4.00. The molecule has 0 aliphatic carbocycles. The largest absolute Gasteiger partial charge is 0.460 e. The van der Waals surface area contributed by atoms with Crippen LogP contribution in [0.5, 0.6) is 0 Å². The highest BCUT2D eigenvalue weighted by Gasteiger charge is 2.45. The summed E-state index contributed by atoms with van der Waals surface area (Å²) in [4.78, 5) is 12.5. The van der Waals surface area contributed by atoms with Crippen LogP contribution >= 0.6 is 9.24 Å². The topological polar surface area (TPSA) is 69.7 Å². The number of sulfone groups is 1. The smallest absolute Gasteiger partial charge is 0.312 e. The van der Waals surface area contributed by atoms with Gasteiger partial charge in [0.2, 0.25) is 0 Å². The Morgan fingerprint density at radius 2 is 1.80 bits per heavy atom. The Kier molecular flexibility index (Phi) is 6.00. The van der Waals surface area contributed by atoms with Gasteiger partial charge in [0, 0.05) is 6.61 Å². The van der Waals surface area contributed by atoms with E-state index < -0.39 is 20.9 Å². The first-order valence-electron chi connectivity index (χ1n) is 6.82. The van der Waals surface area contributed by atoms with Crippen LogP contribution in [0.3, 0.4) is 0 Å². The summed E-state index contributed by atoms with van der Waals surface area (Å²) in [7, 11) is -0.557. The molecule has 20 heavy (non-hydrogen) atoms. The minimum Gasteiger partial charge on any atom is -0.460 e. The van der Waals surface area contributed by atoms with Crippen molar-refractivity contribution in [3.8, 4) is 0 Å². The van der Waals surface area contributed by atoms with E-state index in [1.54, 1.807) is 0 Å². The molecule has 0 aromatic rings. The van der Waals surface area contributed by atoms with Crippen LogP contribution in [0.1, 0.15) is 40.0 Å². The summed E-state index contributed by atoms with van der Waals surface area (Å²) in [5.74, 6) is -0.201. The van der Waals surface area contributed by atoms with Crippen molar-refractivity contribution in [2.24, 2.45) is 5.41 Å². The fraction of sp³-hybridized carbons (Fsp3) is 0.923. The molecule has 0 aromatic carbocycles. The van der Waals surface area contributed by atoms with Crippen LogP contribution in [0.15, 0.2) is 0 Å². The zero-order valence-corrected chi connectivity index (χ0v) is 14.4. The van der Waals surface area contributed by atoms with Gasteiger partial charge in [-0.2, -0.15) is 0 Å². The molecule has 1 atom stereocenters. The molecule has 7 heteroatoms. The van der Waals surface area contributed by atoms with Crippen molar-refractivity contribution in [1.29, 1.82) is 0 Å². The molecule has 1 heterocycles. The van der Waals surface area contributed by atoms with Crippen molar-refractivity contribution in [1.82, 2.24) is 0 Å². The number of ether oxygens (including phenoxy) is 2. The Hall–Kier alpha value is -0.190. The number of hydrogen-bond donors (Lipinski definition) is 0. The Labute approximate surface area is 123 Å². The van der Waals surface area contributed by atoms with Crippen LogP contribution < -0.4 is 0 Å². The van der Waals surface area contributed by atoms with Crippen molar-refractivity contribution >= 4 is 25.0 Å². The minimum atomic E-state index is -3.01. The van der Waals surface area contributed by atoms with Crippen LogP contribution in [0, 0.1) is 5.41 Å². The first kappa shape index (κ1) is 17.9. The quantitative estimate of drug-likeness (QED) is 0.438. The van der Waals surface area contributed by atoms with E-state index in [0.29, 0.717) is 32.2 Å². The minimum absolute atomic E-state index is 0.0487. The second-order valence-electron chi connectivity index (χ2n) is 6.26. The third-order valence-electron chi connectivity index (χ3n) is 3.46. The number of esters is 1. The van der Waals surface area contributed by atoms with Crippen molar-refractivity contribution in [2.75, 3.05) is 24.5 Å². The lowest BCUT2D eigenvalue weighted by Crippen LogP contribution is -2.44. The molecule has 0 radical (unpaired) electrons. The van der Waals surface area contributed by atoms with E-state index in [1.807, 2.05) is 20.8 Å². The van der Waals surface area contributed by atoms with Crippen molar-refractivity contribution in [3.63, 3.8) is 0 Å². The molecule has 0 saturated carbocycles. The first-order chi connectivity index (χ1) is 9.10. The Morgan fingerprint density at radius 3 is 2.25 bits per heavy atom. The van der Waals surface area contributed by atoms with Gasteiger partial charge < -0.3 is 9.47 Å². The zero-order chi connectivity index (χ0) is 15.4.